The first kappa shape index (κ1) is 16.1. The van der Waals surface area contributed by atoms with Crippen molar-refractivity contribution in [3.05, 3.63) is 59.9 Å². The zero-order valence-corrected chi connectivity index (χ0v) is 14.3. The number of fused-ring (bicyclic) bond motifs is 1. The Labute approximate surface area is 148 Å². The maximum atomic E-state index is 12.2. The van der Waals surface area contributed by atoms with Crippen LogP contribution in [-0.2, 0) is 22.7 Å². The molecule has 1 heterocycles. The Morgan fingerprint density at radius 1 is 1.00 bits per heavy atom. The molecule has 2 aliphatic carbocycles. The molecule has 2 aliphatic rings. The molecule has 0 radical (unpaired) electrons. The molecule has 1 unspecified atom stereocenters. The van der Waals surface area contributed by atoms with Crippen LogP contribution in [0.1, 0.15) is 36.8 Å². The summed E-state index contributed by atoms with van der Waals surface area (Å²) in [4.78, 5) is 16.3. The number of pyridine rings is 1. The lowest BCUT2D eigenvalue weighted by molar-refractivity contribution is -0.147. The number of rotatable bonds is 6. The van der Waals surface area contributed by atoms with Crippen LogP contribution in [0.2, 0.25) is 0 Å². The molecular formula is C21H23NO3. The van der Waals surface area contributed by atoms with Crippen LogP contribution < -0.4 is 4.74 Å². The summed E-state index contributed by atoms with van der Waals surface area (Å²) in [6, 6.07) is 11.6. The van der Waals surface area contributed by atoms with Gasteiger partial charge in [0.1, 0.15) is 19.0 Å². The average Bonchev–Trinajstić information content (AvgIpc) is 3.41. The van der Waals surface area contributed by atoms with Gasteiger partial charge in [0.25, 0.3) is 0 Å². The van der Waals surface area contributed by atoms with Crippen molar-refractivity contribution in [2.75, 3.05) is 0 Å². The van der Waals surface area contributed by atoms with E-state index >= 15 is 0 Å². The average molecular weight is 337 g/mol. The van der Waals surface area contributed by atoms with Crippen LogP contribution in [0.4, 0.5) is 0 Å². The van der Waals surface area contributed by atoms with E-state index in [1.807, 2.05) is 36.4 Å². The number of aromatic nitrogens is 1. The van der Waals surface area contributed by atoms with Crippen LogP contribution in [0.15, 0.2) is 48.8 Å². The van der Waals surface area contributed by atoms with Crippen molar-refractivity contribution in [2.24, 2.45) is 17.8 Å². The third-order valence-corrected chi connectivity index (χ3v) is 5.36. The van der Waals surface area contributed by atoms with Gasteiger partial charge in [0.15, 0.2) is 0 Å². The smallest absolute Gasteiger partial charge is 0.309 e. The fourth-order valence-electron chi connectivity index (χ4n) is 3.92. The van der Waals surface area contributed by atoms with E-state index in [4.69, 9.17) is 9.47 Å². The maximum absolute atomic E-state index is 12.2. The first-order valence-corrected chi connectivity index (χ1v) is 9.08. The number of carbonyl (C=O) groups excluding carboxylic acids is 1. The van der Waals surface area contributed by atoms with E-state index in [0.29, 0.717) is 25.0 Å². The normalized spacial score (nSPS) is 24.2. The summed E-state index contributed by atoms with van der Waals surface area (Å²) >= 11 is 0. The second-order valence-corrected chi connectivity index (χ2v) is 7.04. The van der Waals surface area contributed by atoms with Crippen molar-refractivity contribution in [3.8, 4) is 5.75 Å². The first-order chi connectivity index (χ1) is 12.3. The molecule has 4 nitrogen and oxygen atoms in total. The molecule has 4 rings (SSSR count). The van der Waals surface area contributed by atoms with Crippen molar-refractivity contribution in [1.29, 1.82) is 0 Å². The largest absolute Gasteiger partial charge is 0.489 e. The molecular weight excluding hydrogens is 314 g/mol. The fraction of sp³-hybridized carbons (Fsp3) is 0.429. The number of hydrogen-bond donors (Lipinski definition) is 0. The molecule has 0 aliphatic heterocycles. The SMILES string of the molecule is O=C(OCc1ccc(OCc2cccnc2)cc1)C1[C@H]2CCCC[C@@H]12. The molecule has 1 aromatic carbocycles. The summed E-state index contributed by atoms with van der Waals surface area (Å²) in [6.07, 6.45) is 8.48. The molecule has 25 heavy (non-hydrogen) atoms. The fourth-order valence-corrected chi connectivity index (χ4v) is 3.92. The third-order valence-electron chi connectivity index (χ3n) is 5.36. The highest BCUT2D eigenvalue weighted by molar-refractivity contribution is 5.76. The minimum Gasteiger partial charge on any atom is -0.489 e. The number of nitrogens with zero attached hydrogens (tertiary/aromatic N) is 1. The quantitative estimate of drug-likeness (QED) is 0.743. The Kier molecular flexibility index (Phi) is 4.68. The number of carbonyl (C=O) groups is 1. The third kappa shape index (κ3) is 3.84. The van der Waals surface area contributed by atoms with E-state index in [-0.39, 0.29) is 11.9 Å². The second kappa shape index (κ2) is 7.26. The molecule has 130 valence electrons. The number of ether oxygens (including phenoxy) is 2. The Balaban J connectivity index is 1.24. The molecule has 2 aromatic rings. The highest BCUT2D eigenvalue weighted by Crippen LogP contribution is 2.55. The van der Waals surface area contributed by atoms with Gasteiger partial charge < -0.3 is 9.47 Å². The maximum Gasteiger partial charge on any atom is 0.309 e. The zero-order valence-electron chi connectivity index (χ0n) is 14.3. The lowest BCUT2D eigenvalue weighted by Crippen LogP contribution is -2.08. The highest BCUT2D eigenvalue weighted by atomic mass is 16.5. The zero-order chi connectivity index (χ0) is 17.1. The summed E-state index contributed by atoms with van der Waals surface area (Å²) in [5, 5.41) is 0. The van der Waals surface area contributed by atoms with Gasteiger partial charge in [-0.2, -0.15) is 0 Å². The molecule has 1 aromatic heterocycles. The lowest BCUT2D eigenvalue weighted by Gasteiger charge is -2.08. The molecule has 2 saturated carbocycles. The van der Waals surface area contributed by atoms with Crippen LogP contribution in [-0.4, -0.2) is 11.0 Å². The number of esters is 1. The Morgan fingerprint density at radius 3 is 2.44 bits per heavy atom. The topological polar surface area (TPSA) is 48.4 Å². The van der Waals surface area contributed by atoms with Crippen LogP contribution in [0, 0.1) is 17.8 Å². The molecule has 0 spiro atoms. The summed E-state index contributed by atoms with van der Waals surface area (Å²) < 4.78 is 11.3. The molecule has 0 amide bonds. The van der Waals surface area contributed by atoms with E-state index in [0.717, 1.165) is 16.9 Å². The monoisotopic (exact) mass is 337 g/mol. The molecule has 0 bridgehead atoms. The van der Waals surface area contributed by atoms with Crippen LogP contribution >= 0.6 is 0 Å². The van der Waals surface area contributed by atoms with E-state index < -0.39 is 0 Å². The van der Waals surface area contributed by atoms with Gasteiger partial charge in [-0.1, -0.05) is 31.0 Å². The molecule has 4 heteroatoms. The van der Waals surface area contributed by atoms with Gasteiger partial charge in [0, 0.05) is 18.0 Å². The van der Waals surface area contributed by atoms with E-state index in [1.54, 1.807) is 12.4 Å². The van der Waals surface area contributed by atoms with Crippen LogP contribution in [0.5, 0.6) is 5.75 Å². The summed E-state index contributed by atoms with van der Waals surface area (Å²) in [5.41, 5.74) is 2.03. The minimum absolute atomic E-state index is 0.00574. The Bertz CT molecular complexity index is 702. The van der Waals surface area contributed by atoms with E-state index in [1.165, 1.54) is 25.7 Å². The van der Waals surface area contributed by atoms with Crippen molar-refractivity contribution in [2.45, 2.75) is 38.9 Å². The highest BCUT2D eigenvalue weighted by Gasteiger charge is 2.55. The number of hydrogen-bond acceptors (Lipinski definition) is 4. The van der Waals surface area contributed by atoms with Crippen molar-refractivity contribution >= 4 is 5.97 Å². The van der Waals surface area contributed by atoms with Gasteiger partial charge in [-0.15, -0.1) is 0 Å². The van der Waals surface area contributed by atoms with Gasteiger partial charge >= 0.3 is 5.97 Å². The Morgan fingerprint density at radius 2 is 1.76 bits per heavy atom. The molecule has 2 fully saturated rings. The van der Waals surface area contributed by atoms with Gasteiger partial charge in [-0.25, -0.2) is 0 Å². The van der Waals surface area contributed by atoms with Gasteiger partial charge in [-0.3, -0.25) is 9.78 Å². The predicted molar refractivity (Wildman–Crippen MR) is 93.7 cm³/mol. The summed E-state index contributed by atoms with van der Waals surface area (Å²) in [5.74, 6) is 2.17. The number of benzene rings is 1. The van der Waals surface area contributed by atoms with Crippen LogP contribution in [0.25, 0.3) is 0 Å². The van der Waals surface area contributed by atoms with Crippen LogP contribution in [0.3, 0.4) is 0 Å². The van der Waals surface area contributed by atoms with Crippen molar-refractivity contribution < 1.29 is 14.3 Å². The van der Waals surface area contributed by atoms with Crippen molar-refractivity contribution in [3.63, 3.8) is 0 Å². The first-order valence-electron chi connectivity index (χ1n) is 9.08. The molecule has 0 N–H and O–H groups in total. The van der Waals surface area contributed by atoms with E-state index in [2.05, 4.69) is 4.98 Å². The van der Waals surface area contributed by atoms with Gasteiger partial charge in [0.05, 0.1) is 5.92 Å². The van der Waals surface area contributed by atoms with Gasteiger partial charge in [-0.05, 0) is 48.4 Å². The Hall–Kier alpha value is -2.36. The standard InChI is InChI=1S/C21H23NO3/c23-21(20-18-5-1-2-6-19(18)20)25-13-15-7-9-17(10-8-15)24-14-16-4-3-11-22-12-16/h3-4,7-12,18-20H,1-2,5-6,13-14H2/t18-,19+,20?. The summed E-state index contributed by atoms with van der Waals surface area (Å²) in [6.45, 7) is 0.838. The lowest BCUT2D eigenvalue weighted by atomic mass is 10.0. The summed E-state index contributed by atoms with van der Waals surface area (Å²) in [7, 11) is 0. The predicted octanol–water partition coefficient (Wildman–Crippen LogP) is 4.14. The van der Waals surface area contributed by atoms with Crippen molar-refractivity contribution in [1.82, 2.24) is 4.98 Å². The second-order valence-electron chi connectivity index (χ2n) is 7.04. The molecule has 0 saturated heterocycles. The van der Waals surface area contributed by atoms with Gasteiger partial charge in [0.2, 0.25) is 0 Å². The minimum atomic E-state index is -0.00574. The van der Waals surface area contributed by atoms with E-state index in [9.17, 15) is 4.79 Å². The molecule has 3 atom stereocenters.